The maximum atomic E-state index is 12.7. The molecule has 0 fully saturated rings. The zero-order valence-electron chi connectivity index (χ0n) is 14.5. The molecule has 0 saturated heterocycles. The predicted molar refractivity (Wildman–Crippen MR) is 100 cm³/mol. The molecule has 0 heterocycles. The molecule has 0 aliphatic rings. The van der Waals surface area contributed by atoms with Crippen LogP contribution in [0.1, 0.15) is 5.56 Å². The third kappa shape index (κ3) is 5.86. The van der Waals surface area contributed by atoms with Crippen molar-refractivity contribution in [3.05, 3.63) is 48.0 Å². The number of carboxylic acid groups (broad SMARTS) is 1. The Morgan fingerprint density at radius 1 is 1.00 bits per heavy atom. The molecule has 2 rings (SSSR count). The summed E-state index contributed by atoms with van der Waals surface area (Å²) in [5.74, 6) is -1.03. The Hall–Kier alpha value is -2.79. The number of hydrogen-bond donors (Lipinski definition) is 3. The first-order chi connectivity index (χ1) is 12.5. The second-order valence-corrected chi connectivity index (χ2v) is 9.01. The van der Waals surface area contributed by atoms with Gasteiger partial charge in [0.2, 0.25) is 10.0 Å². The molecule has 2 aromatic rings. The van der Waals surface area contributed by atoms with E-state index < -0.39 is 26.0 Å². The first-order valence-electron chi connectivity index (χ1n) is 7.49. The van der Waals surface area contributed by atoms with Crippen molar-refractivity contribution in [2.24, 2.45) is 0 Å². The molecule has 0 aliphatic heterocycles. The third-order valence-corrected chi connectivity index (χ3v) is 5.32. The highest BCUT2D eigenvalue weighted by Gasteiger charge is 2.21. The summed E-state index contributed by atoms with van der Waals surface area (Å²) in [6.07, 6.45) is 0.665. The monoisotopic (exact) mass is 414 g/mol. The van der Waals surface area contributed by atoms with E-state index >= 15 is 0 Å². The van der Waals surface area contributed by atoms with Crippen LogP contribution in [0.2, 0.25) is 0 Å². The lowest BCUT2D eigenvalue weighted by atomic mass is 10.1. The molecule has 11 heteroatoms. The highest BCUT2D eigenvalue weighted by molar-refractivity contribution is 7.93. The first-order valence-corrected chi connectivity index (χ1v) is 10.9. The van der Waals surface area contributed by atoms with E-state index in [4.69, 9.17) is 9.84 Å². The number of nitrogens with one attached hydrogen (secondary N) is 2. The van der Waals surface area contributed by atoms with Gasteiger partial charge in [0.1, 0.15) is 10.6 Å². The van der Waals surface area contributed by atoms with Crippen LogP contribution in [0.4, 0.5) is 11.4 Å². The molecule has 0 bridgehead atoms. The van der Waals surface area contributed by atoms with Gasteiger partial charge in [0.25, 0.3) is 10.0 Å². The van der Waals surface area contributed by atoms with Crippen LogP contribution in [0.15, 0.2) is 47.4 Å². The van der Waals surface area contributed by atoms with Crippen molar-refractivity contribution in [1.29, 1.82) is 0 Å². The van der Waals surface area contributed by atoms with E-state index in [0.717, 1.165) is 6.26 Å². The van der Waals surface area contributed by atoms with Crippen molar-refractivity contribution in [3.63, 3.8) is 0 Å². The number of sulfonamides is 2. The summed E-state index contributed by atoms with van der Waals surface area (Å²) in [5, 5.41) is 8.88. The maximum Gasteiger partial charge on any atom is 0.307 e. The van der Waals surface area contributed by atoms with Gasteiger partial charge in [-0.05, 0) is 42.0 Å². The first kappa shape index (κ1) is 20.5. The van der Waals surface area contributed by atoms with Gasteiger partial charge >= 0.3 is 5.97 Å². The van der Waals surface area contributed by atoms with Gasteiger partial charge in [-0.3, -0.25) is 14.2 Å². The molecular formula is C16H18N2O7S2. The van der Waals surface area contributed by atoms with Crippen LogP contribution < -0.4 is 14.2 Å². The summed E-state index contributed by atoms with van der Waals surface area (Å²) >= 11 is 0. The molecule has 2 aromatic carbocycles. The second-order valence-electron chi connectivity index (χ2n) is 5.61. The Morgan fingerprint density at radius 2 is 1.56 bits per heavy atom. The zero-order chi connectivity index (χ0) is 20.2. The minimum atomic E-state index is -4.07. The Kier molecular flexibility index (Phi) is 5.96. The molecule has 9 nitrogen and oxygen atoms in total. The van der Waals surface area contributed by atoms with E-state index in [1.54, 1.807) is 0 Å². The smallest absolute Gasteiger partial charge is 0.307 e. The van der Waals surface area contributed by atoms with Crippen molar-refractivity contribution < 1.29 is 31.5 Å². The molecule has 27 heavy (non-hydrogen) atoms. The molecule has 0 saturated carbocycles. The standard InChI is InChI=1S/C16H18N2O7S2/c1-25-14-8-3-11(10-16(19)20)9-15(14)27(23,24)18-13-6-4-12(5-7-13)17-26(2,21)22/h3-9,17-18H,10H2,1-2H3,(H,19,20). The van der Waals surface area contributed by atoms with Crippen LogP contribution in [0.5, 0.6) is 5.75 Å². The van der Waals surface area contributed by atoms with Gasteiger partial charge in [0.05, 0.1) is 19.8 Å². The predicted octanol–water partition coefficient (Wildman–Crippen LogP) is 1.49. The van der Waals surface area contributed by atoms with Crippen molar-refractivity contribution in [2.45, 2.75) is 11.3 Å². The van der Waals surface area contributed by atoms with Crippen molar-refractivity contribution in [1.82, 2.24) is 0 Å². The molecular weight excluding hydrogens is 396 g/mol. The SMILES string of the molecule is COc1ccc(CC(=O)O)cc1S(=O)(=O)Nc1ccc(NS(C)(=O)=O)cc1. The fourth-order valence-corrected chi connectivity index (χ4v) is 4.09. The average molecular weight is 414 g/mol. The van der Waals surface area contributed by atoms with Crippen molar-refractivity contribution in [2.75, 3.05) is 22.8 Å². The molecule has 0 amide bonds. The minimum Gasteiger partial charge on any atom is -0.495 e. The largest absolute Gasteiger partial charge is 0.495 e. The lowest BCUT2D eigenvalue weighted by molar-refractivity contribution is -0.136. The topological polar surface area (TPSA) is 139 Å². The quantitative estimate of drug-likeness (QED) is 0.595. The van der Waals surface area contributed by atoms with Crippen LogP contribution in [-0.4, -0.2) is 41.3 Å². The number of ether oxygens (including phenoxy) is 1. The Bertz CT molecular complexity index is 1050. The van der Waals surface area contributed by atoms with E-state index in [1.807, 2.05) is 0 Å². The molecule has 0 spiro atoms. The van der Waals surface area contributed by atoms with Crippen LogP contribution in [0.25, 0.3) is 0 Å². The van der Waals surface area contributed by atoms with Crippen LogP contribution in [-0.2, 0) is 31.3 Å². The van der Waals surface area contributed by atoms with E-state index in [0.29, 0.717) is 5.56 Å². The molecule has 0 aromatic heterocycles. The fraction of sp³-hybridized carbons (Fsp3) is 0.188. The average Bonchev–Trinajstić information content (AvgIpc) is 2.54. The summed E-state index contributed by atoms with van der Waals surface area (Å²) in [7, 11) is -6.21. The second kappa shape index (κ2) is 7.84. The Labute approximate surface area is 157 Å². The number of carboxylic acids is 1. The van der Waals surface area contributed by atoms with Gasteiger partial charge in [-0.15, -0.1) is 0 Å². The fourth-order valence-electron chi connectivity index (χ4n) is 2.25. The summed E-state index contributed by atoms with van der Waals surface area (Å²) < 4.78 is 57.4. The van der Waals surface area contributed by atoms with E-state index in [1.165, 1.54) is 49.6 Å². The number of benzene rings is 2. The summed E-state index contributed by atoms with van der Waals surface area (Å²) in [4.78, 5) is 10.7. The lowest BCUT2D eigenvalue weighted by Crippen LogP contribution is -2.15. The highest BCUT2D eigenvalue weighted by atomic mass is 32.2. The molecule has 0 unspecified atom stereocenters. The lowest BCUT2D eigenvalue weighted by Gasteiger charge is -2.13. The Balaban J connectivity index is 2.31. The Morgan fingerprint density at radius 3 is 2.04 bits per heavy atom. The molecule has 0 aliphatic carbocycles. The van der Waals surface area contributed by atoms with Gasteiger partial charge in [-0.25, -0.2) is 16.8 Å². The van der Waals surface area contributed by atoms with Crippen molar-refractivity contribution >= 4 is 37.4 Å². The van der Waals surface area contributed by atoms with Gasteiger partial charge in [-0.2, -0.15) is 0 Å². The minimum absolute atomic E-state index is 0.0620. The maximum absolute atomic E-state index is 12.7. The van der Waals surface area contributed by atoms with Gasteiger partial charge in [0.15, 0.2) is 0 Å². The van der Waals surface area contributed by atoms with E-state index in [2.05, 4.69) is 9.44 Å². The van der Waals surface area contributed by atoms with Gasteiger partial charge < -0.3 is 9.84 Å². The van der Waals surface area contributed by atoms with E-state index in [-0.39, 0.29) is 28.4 Å². The van der Waals surface area contributed by atoms with Crippen LogP contribution >= 0.6 is 0 Å². The summed E-state index contributed by atoms with van der Waals surface area (Å²) in [6, 6.07) is 9.66. The van der Waals surface area contributed by atoms with Crippen LogP contribution in [0, 0.1) is 0 Å². The van der Waals surface area contributed by atoms with Gasteiger partial charge in [0, 0.05) is 11.4 Å². The number of hydrogen-bond acceptors (Lipinski definition) is 6. The molecule has 0 radical (unpaired) electrons. The van der Waals surface area contributed by atoms with E-state index in [9.17, 15) is 21.6 Å². The summed E-state index contributed by atoms with van der Waals surface area (Å²) in [5.41, 5.74) is 0.776. The number of methoxy groups -OCH3 is 1. The number of rotatable bonds is 8. The molecule has 0 atom stereocenters. The highest BCUT2D eigenvalue weighted by Crippen LogP contribution is 2.27. The van der Waals surface area contributed by atoms with Crippen LogP contribution in [0.3, 0.4) is 0 Å². The molecule has 3 N–H and O–H groups in total. The summed E-state index contributed by atoms with van der Waals surface area (Å²) in [6.45, 7) is 0. The third-order valence-electron chi connectivity index (χ3n) is 3.31. The van der Waals surface area contributed by atoms with Gasteiger partial charge in [-0.1, -0.05) is 6.07 Å². The van der Waals surface area contributed by atoms with Crippen molar-refractivity contribution in [3.8, 4) is 5.75 Å². The number of carbonyl (C=O) groups is 1. The molecule has 146 valence electrons. The normalized spacial score (nSPS) is 11.6. The zero-order valence-corrected chi connectivity index (χ0v) is 16.1. The number of anilines is 2. The number of aliphatic carboxylic acids is 1.